The molecule has 0 bridgehead atoms. The molecule has 2 rings (SSSR count). The van der Waals surface area contributed by atoms with Crippen LogP contribution in [0.25, 0.3) is 0 Å². The molecule has 1 saturated carbocycles. The predicted octanol–water partition coefficient (Wildman–Crippen LogP) is 3.05. The minimum absolute atomic E-state index is 0.0829. The first-order chi connectivity index (χ1) is 9.53. The van der Waals surface area contributed by atoms with Gasteiger partial charge in [0.25, 0.3) is 0 Å². The molecule has 1 aliphatic rings. The highest BCUT2D eigenvalue weighted by Gasteiger charge is 2.38. The van der Waals surface area contributed by atoms with Crippen LogP contribution in [0.1, 0.15) is 38.2 Å². The molecular weight excluding hydrogens is 318 g/mol. The molecule has 4 heteroatoms. The van der Waals surface area contributed by atoms with E-state index in [1.54, 1.807) is 0 Å². The second-order valence-electron chi connectivity index (χ2n) is 5.95. The van der Waals surface area contributed by atoms with E-state index in [0.717, 1.165) is 30.2 Å². The minimum atomic E-state index is -0.146. The van der Waals surface area contributed by atoms with Crippen molar-refractivity contribution >= 4 is 21.8 Å². The number of carbonyl (C=O) groups excluding carboxylic acids is 1. The van der Waals surface area contributed by atoms with Crippen LogP contribution in [0.4, 0.5) is 0 Å². The lowest BCUT2D eigenvalue weighted by Gasteiger charge is -2.30. The van der Waals surface area contributed by atoms with Gasteiger partial charge in [0.15, 0.2) is 0 Å². The molecule has 1 aliphatic carbocycles. The van der Waals surface area contributed by atoms with Crippen molar-refractivity contribution in [3.8, 4) is 0 Å². The summed E-state index contributed by atoms with van der Waals surface area (Å²) in [5, 5.41) is 12.6. The fraction of sp³-hybridized carbons (Fsp3) is 0.562. The standard InChI is InChI=1S/C16H22BrNO2/c1-16(11-19)10-2-3-14(16)18-15(20)9-6-12-4-7-13(17)8-5-12/h4-5,7-8,14,19H,2-3,6,9-11H2,1H3,(H,18,20). The van der Waals surface area contributed by atoms with E-state index in [9.17, 15) is 9.90 Å². The number of carbonyl (C=O) groups is 1. The normalized spacial score (nSPS) is 25.6. The lowest BCUT2D eigenvalue weighted by Crippen LogP contribution is -2.44. The fourth-order valence-electron chi connectivity index (χ4n) is 2.84. The number of rotatable bonds is 5. The Hall–Kier alpha value is -0.870. The maximum absolute atomic E-state index is 12.0. The molecule has 0 radical (unpaired) electrons. The zero-order chi connectivity index (χ0) is 14.6. The highest BCUT2D eigenvalue weighted by molar-refractivity contribution is 9.10. The third kappa shape index (κ3) is 3.83. The third-order valence-corrected chi connectivity index (χ3v) is 4.86. The summed E-state index contributed by atoms with van der Waals surface area (Å²) in [5.41, 5.74) is 1.02. The summed E-state index contributed by atoms with van der Waals surface area (Å²) in [5.74, 6) is 0.0829. The number of amides is 1. The van der Waals surface area contributed by atoms with Crippen molar-refractivity contribution < 1.29 is 9.90 Å². The van der Waals surface area contributed by atoms with Crippen molar-refractivity contribution in [2.75, 3.05) is 6.61 Å². The molecule has 0 aromatic heterocycles. The van der Waals surface area contributed by atoms with E-state index in [1.807, 2.05) is 24.3 Å². The van der Waals surface area contributed by atoms with E-state index in [4.69, 9.17) is 0 Å². The summed E-state index contributed by atoms with van der Waals surface area (Å²) in [6, 6.07) is 8.17. The predicted molar refractivity (Wildman–Crippen MR) is 83.4 cm³/mol. The topological polar surface area (TPSA) is 49.3 Å². The molecule has 0 heterocycles. The van der Waals surface area contributed by atoms with Gasteiger partial charge in [-0.3, -0.25) is 4.79 Å². The van der Waals surface area contributed by atoms with Gasteiger partial charge < -0.3 is 10.4 Å². The highest BCUT2D eigenvalue weighted by atomic mass is 79.9. The van der Waals surface area contributed by atoms with Crippen molar-refractivity contribution in [3.05, 3.63) is 34.3 Å². The van der Waals surface area contributed by atoms with Crippen LogP contribution in [0.15, 0.2) is 28.7 Å². The van der Waals surface area contributed by atoms with E-state index in [0.29, 0.717) is 6.42 Å². The van der Waals surface area contributed by atoms with Crippen molar-refractivity contribution in [2.45, 2.75) is 45.1 Å². The first kappa shape index (κ1) is 15.5. The van der Waals surface area contributed by atoms with E-state index in [1.165, 1.54) is 5.56 Å². The van der Waals surface area contributed by atoms with Crippen LogP contribution in [0.2, 0.25) is 0 Å². The van der Waals surface area contributed by atoms with Gasteiger partial charge in [0, 0.05) is 22.4 Å². The van der Waals surface area contributed by atoms with Crippen LogP contribution >= 0.6 is 15.9 Å². The summed E-state index contributed by atoms with van der Waals surface area (Å²) in [4.78, 5) is 12.0. The SMILES string of the molecule is CC1(CO)CCCC1NC(=O)CCc1ccc(Br)cc1. The zero-order valence-electron chi connectivity index (χ0n) is 11.9. The van der Waals surface area contributed by atoms with Gasteiger partial charge in [-0.2, -0.15) is 0 Å². The molecule has 1 aromatic carbocycles. The minimum Gasteiger partial charge on any atom is -0.396 e. The molecule has 1 aromatic rings. The van der Waals surface area contributed by atoms with Crippen LogP contribution < -0.4 is 5.32 Å². The Morgan fingerprint density at radius 2 is 2.15 bits per heavy atom. The first-order valence-electron chi connectivity index (χ1n) is 7.18. The van der Waals surface area contributed by atoms with Gasteiger partial charge in [-0.25, -0.2) is 0 Å². The second kappa shape index (κ2) is 6.72. The number of halogens is 1. The number of aryl methyl sites for hydroxylation is 1. The second-order valence-corrected chi connectivity index (χ2v) is 6.87. The molecule has 2 N–H and O–H groups in total. The van der Waals surface area contributed by atoms with Crippen LogP contribution in [-0.4, -0.2) is 23.7 Å². The highest BCUT2D eigenvalue weighted by Crippen LogP contribution is 2.37. The van der Waals surface area contributed by atoms with Crippen molar-refractivity contribution in [3.63, 3.8) is 0 Å². The zero-order valence-corrected chi connectivity index (χ0v) is 13.4. The summed E-state index contributed by atoms with van der Waals surface area (Å²) in [6.07, 6.45) is 4.29. The lowest BCUT2D eigenvalue weighted by atomic mass is 9.85. The molecule has 2 unspecified atom stereocenters. The molecule has 0 saturated heterocycles. The van der Waals surface area contributed by atoms with Gasteiger partial charge in [0.1, 0.15) is 0 Å². The molecule has 0 aliphatic heterocycles. The Labute approximate surface area is 128 Å². The van der Waals surface area contributed by atoms with Crippen molar-refractivity contribution in [1.29, 1.82) is 0 Å². The summed E-state index contributed by atoms with van der Waals surface area (Å²) < 4.78 is 1.05. The summed E-state index contributed by atoms with van der Waals surface area (Å²) in [6.45, 7) is 2.20. The Bertz CT molecular complexity index is 460. The number of nitrogens with one attached hydrogen (secondary N) is 1. The smallest absolute Gasteiger partial charge is 0.220 e. The molecule has 20 heavy (non-hydrogen) atoms. The number of benzene rings is 1. The van der Waals surface area contributed by atoms with Crippen molar-refractivity contribution in [1.82, 2.24) is 5.32 Å². The lowest BCUT2D eigenvalue weighted by molar-refractivity contribution is -0.122. The Morgan fingerprint density at radius 1 is 1.45 bits per heavy atom. The number of hydrogen-bond acceptors (Lipinski definition) is 2. The Balaban J connectivity index is 1.82. The van der Waals surface area contributed by atoms with Crippen molar-refractivity contribution in [2.24, 2.45) is 5.41 Å². The van der Waals surface area contributed by atoms with Gasteiger partial charge in [-0.15, -0.1) is 0 Å². The molecule has 0 spiro atoms. The monoisotopic (exact) mass is 339 g/mol. The average Bonchev–Trinajstić information content (AvgIpc) is 2.80. The number of aliphatic hydroxyl groups excluding tert-OH is 1. The van der Waals surface area contributed by atoms with Gasteiger partial charge in [0.05, 0.1) is 6.61 Å². The summed E-state index contributed by atoms with van der Waals surface area (Å²) >= 11 is 3.40. The first-order valence-corrected chi connectivity index (χ1v) is 7.97. The molecule has 1 fully saturated rings. The van der Waals surface area contributed by atoms with Gasteiger partial charge in [0.2, 0.25) is 5.91 Å². The largest absolute Gasteiger partial charge is 0.396 e. The molecule has 2 atom stereocenters. The van der Waals surface area contributed by atoms with Crippen LogP contribution in [0.3, 0.4) is 0 Å². The maximum Gasteiger partial charge on any atom is 0.220 e. The quantitative estimate of drug-likeness (QED) is 0.866. The van der Waals surface area contributed by atoms with Crippen LogP contribution in [0, 0.1) is 5.41 Å². The van der Waals surface area contributed by atoms with E-state index >= 15 is 0 Å². The Morgan fingerprint density at radius 3 is 2.80 bits per heavy atom. The van der Waals surface area contributed by atoms with E-state index < -0.39 is 0 Å². The number of hydrogen-bond donors (Lipinski definition) is 2. The average molecular weight is 340 g/mol. The van der Waals surface area contributed by atoms with Crippen LogP contribution in [0.5, 0.6) is 0 Å². The van der Waals surface area contributed by atoms with E-state index in [-0.39, 0.29) is 24.0 Å². The third-order valence-electron chi connectivity index (χ3n) is 4.33. The summed E-state index contributed by atoms with van der Waals surface area (Å²) in [7, 11) is 0. The number of aliphatic hydroxyl groups is 1. The molecule has 3 nitrogen and oxygen atoms in total. The molecular formula is C16H22BrNO2. The fourth-order valence-corrected chi connectivity index (χ4v) is 3.11. The van der Waals surface area contributed by atoms with E-state index in [2.05, 4.69) is 28.2 Å². The van der Waals surface area contributed by atoms with Gasteiger partial charge >= 0.3 is 0 Å². The molecule has 1 amide bonds. The van der Waals surface area contributed by atoms with Gasteiger partial charge in [-0.1, -0.05) is 41.4 Å². The molecule has 110 valence electrons. The Kier molecular flexibility index (Phi) is 5.22. The van der Waals surface area contributed by atoms with Gasteiger partial charge in [-0.05, 0) is 37.0 Å². The van der Waals surface area contributed by atoms with Crippen LogP contribution in [-0.2, 0) is 11.2 Å². The maximum atomic E-state index is 12.0.